The van der Waals surface area contributed by atoms with Crippen molar-refractivity contribution in [3.63, 3.8) is 0 Å². The van der Waals surface area contributed by atoms with Gasteiger partial charge in [-0.1, -0.05) is 13.3 Å². The molecule has 1 amide bonds. The van der Waals surface area contributed by atoms with Crippen molar-refractivity contribution in [3.8, 4) is 0 Å². The first-order valence-electron chi connectivity index (χ1n) is 6.23. The van der Waals surface area contributed by atoms with Crippen LogP contribution in [-0.2, 0) is 0 Å². The molecule has 104 valence electrons. The van der Waals surface area contributed by atoms with Crippen LogP contribution in [0.4, 0.5) is 11.4 Å². The number of carbonyl (C=O) groups excluding carboxylic acids is 1. The predicted molar refractivity (Wildman–Crippen MR) is 74.5 cm³/mol. The van der Waals surface area contributed by atoms with Crippen LogP contribution in [0.5, 0.6) is 0 Å². The lowest BCUT2D eigenvalue weighted by atomic mass is 10.1. The Morgan fingerprint density at radius 2 is 2.16 bits per heavy atom. The van der Waals surface area contributed by atoms with E-state index in [0.717, 1.165) is 12.8 Å². The molecule has 0 fully saturated rings. The number of non-ortho nitro benzene ring substituents is 1. The summed E-state index contributed by atoms with van der Waals surface area (Å²) in [6.07, 6.45) is 1.90. The summed E-state index contributed by atoms with van der Waals surface area (Å²) in [4.78, 5) is 24.1. The highest BCUT2D eigenvalue weighted by Crippen LogP contribution is 2.23. The van der Waals surface area contributed by atoms with Crippen molar-refractivity contribution >= 4 is 17.3 Å². The van der Waals surface area contributed by atoms with Gasteiger partial charge in [0.25, 0.3) is 11.6 Å². The van der Waals surface area contributed by atoms with Crippen molar-refractivity contribution in [2.24, 2.45) is 0 Å². The Balaban J connectivity index is 3.05. The molecule has 0 saturated carbocycles. The first-order chi connectivity index (χ1) is 9.01. The fourth-order valence-corrected chi connectivity index (χ4v) is 1.74. The summed E-state index contributed by atoms with van der Waals surface area (Å²) in [7, 11) is 3.39. The van der Waals surface area contributed by atoms with Gasteiger partial charge in [-0.05, 0) is 12.5 Å². The molecule has 0 aromatic heterocycles. The number of nitrogens with zero attached hydrogens (tertiary/aromatic N) is 2. The van der Waals surface area contributed by atoms with E-state index in [1.807, 2.05) is 6.92 Å². The zero-order chi connectivity index (χ0) is 14.4. The van der Waals surface area contributed by atoms with Gasteiger partial charge in [0, 0.05) is 38.5 Å². The fourth-order valence-electron chi connectivity index (χ4n) is 1.74. The minimum absolute atomic E-state index is 0.0776. The summed E-state index contributed by atoms with van der Waals surface area (Å²) in [6, 6.07) is 4.25. The van der Waals surface area contributed by atoms with Crippen molar-refractivity contribution in [2.45, 2.75) is 19.8 Å². The van der Waals surface area contributed by atoms with E-state index >= 15 is 0 Å². The van der Waals surface area contributed by atoms with E-state index in [1.54, 1.807) is 25.1 Å². The molecule has 0 aliphatic rings. The molecule has 0 aliphatic heterocycles. The first-order valence-corrected chi connectivity index (χ1v) is 6.23. The maximum Gasteiger partial charge on any atom is 0.270 e. The zero-order valence-corrected chi connectivity index (χ0v) is 11.5. The van der Waals surface area contributed by atoms with Gasteiger partial charge in [0.15, 0.2) is 0 Å². The van der Waals surface area contributed by atoms with Gasteiger partial charge < -0.3 is 10.2 Å². The maximum atomic E-state index is 12.3. The second-order valence-electron chi connectivity index (χ2n) is 4.32. The van der Waals surface area contributed by atoms with Crippen LogP contribution in [0.2, 0.25) is 0 Å². The van der Waals surface area contributed by atoms with Crippen molar-refractivity contribution in [3.05, 3.63) is 33.9 Å². The average molecular weight is 265 g/mol. The lowest BCUT2D eigenvalue weighted by Crippen LogP contribution is -2.28. The number of hydrogen-bond donors (Lipinski definition) is 1. The minimum atomic E-state index is -0.498. The molecule has 0 saturated heterocycles. The van der Waals surface area contributed by atoms with Gasteiger partial charge in [-0.2, -0.15) is 0 Å². The molecule has 1 N–H and O–H groups in total. The van der Waals surface area contributed by atoms with E-state index in [-0.39, 0.29) is 11.6 Å². The Morgan fingerprint density at radius 1 is 1.47 bits per heavy atom. The minimum Gasteiger partial charge on any atom is -0.387 e. The molecule has 1 aromatic carbocycles. The van der Waals surface area contributed by atoms with Gasteiger partial charge in [0.05, 0.1) is 10.5 Å². The summed E-state index contributed by atoms with van der Waals surface area (Å²) >= 11 is 0. The zero-order valence-electron chi connectivity index (χ0n) is 11.5. The van der Waals surface area contributed by atoms with Gasteiger partial charge in [-0.15, -0.1) is 0 Å². The van der Waals surface area contributed by atoms with E-state index < -0.39 is 4.92 Å². The smallest absolute Gasteiger partial charge is 0.270 e. The van der Waals surface area contributed by atoms with E-state index in [2.05, 4.69) is 5.32 Å². The van der Waals surface area contributed by atoms with Crippen LogP contribution in [-0.4, -0.2) is 36.4 Å². The Bertz CT molecular complexity index is 474. The number of rotatable bonds is 6. The molecule has 0 atom stereocenters. The van der Waals surface area contributed by atoms with Gasteiger partial charge in [0.2, 0.25) is 0 Å². The number of nitro groups is 1. The van der Waals surface area contributed by atoms with Crippen molar-refractivity contribution in [2.75, 3.05) is 26.0 Å². The van der Waals surface area contributed by atoms with Gasteiger partial charge in [-0.3, -0.25) is 14.9 Å². The SMILES string of the molecule is CCCCN(C)C(=O)c1cc([N+](=O)[O-])ccc1NC. The van der Waals surface area contributed by atoms with E-state index in [1.165, 1.54) is 12.1 Å². The highest BCUT2D eigenvalue weighted by molar-refractivity contribution is 6.00. The topological polar surface area (TPSA) is 75.5 Å². The van der Waals surface area contributed by atoms with Crippen LogP contribution < -0.4 is 5.32 Å². The molecule has 1 aromatic rings. The second-order valence-corrected chi connectivity index (χ2v) is 4.32. The fraction of sp³-hybridized carbons (Fsp3) is 0.462. The molecule has 0 unspecified atom stereocenters. The molecule has 0 radical (unpaired) electrons. The first kappa shape index (κ1) is 14.9. The van der Waals surface area contributed by atoms with Crippen molar-refractivity contribution in [1.82, 2.24) is 4.90 Å². The maximum absolute atomic E-state index is 12.3. The molecule has 1 rings (SSSR count). The van der Waals surface area contributed by atoms with E-state index in [0.29, 0.717) is 17.8 Å². The molecule has 6 nitrogen and oxygen atoms in total. The van der Waals surface area contributed by atoms with Gasteiger partial charge >= 0.3 is 0 Å². The summed E-state index contributed by atoms with van der Waals surface area (Å²) in [6.45, 7) is 2.69. The molecule has 0 heterocycles. The number of hydrogen-bond acceptors (Lipinski definition) is 4. The summed E-state index contributed by atoms with van der Waals surface area (Å²) < 4.78 is 0. The molecule has 0 aliphatic carbocycles. The van der Waals surface area contributed by atoms with Crippen molar-refractivity contribution in [1.29, 1.82) is 0 Å². The number of unbranched alkanes of at least 4 members (excludes halogenated alkanes) is 1. The average Bonchev–Trinajstić information content (AvgIpc) is 2.42. The van der Waals surface area contributed by atoms with Gasteiger partial charge in [-0.25, -0.2) is 0 Å². The van der Waals surface area contributed by atoms with E-state index in [9.17, 15) is 14.9 Å². The normalized spacial score (nSPS) is 10.1. The number of nitrogens with one attached hydrogen (secondary N) is 1. The number of nitro benzene ring substituents is 1. The highest BCUT2D eigenvalue weighted by atomic mass is 16.6. The van der Waals surface area contributed by atoms with Crippen LogP contribution in [0.15, 0.2) is 18.2 Å². The van der Waals surface area contributed by atoms with Crippen LogP contribution in [0.3, 0.4) is 0 Å². The summed E-state index contributed by atoms with van der Waals surface area (Å²) in [5, 5.41) is 13.7. The Labute approximate surface area is 112 Å². The third-order valence-electron chi connectivity index (χ3n) is 2.91. The van der Waals surface area contributed by atoms with Crippen molar-refractivity contribution < 1.29 is 9.72 Å². The van der Waals surface area contributed by atoms with Crippen LogP contribution in [0.1, 0.15) is 30.1 Å². The lowest BCUT2D eigenvalue weighted by Gasteiger charge is -2.18. The standard InChI is InChI=1S/C13H19N3O3/c1-4-5-8-15(3)13(17)11-9-10(16(18)19)6-7-12(11)14-2/h6-7,9,14H,4-5,8H2,1-3H3. The summed E-state index contributed by atoms with van der Waals surface area (Å²) in [5.74, 6) is -0.207. The number of anilines is 1. The number of amides is 1. The second kappa shape index (κ2) is 6.72. The monoisotopic (exact) mass is 265 g/mol. The largest absolute Gasteiger partial charge is 0.387 e. The third-order valence-corrected chi connectivity index (χ3v) is 2.91. The molecule has 19 heavy (non-hydrogen) atoms. The number of benzene rings is 1. The Morgan fingerprint density at radius 3 is 2.68 bits per heavy atom. The molecule has 0 spiro atoms. The molecule has 0 bridgehead atoms. The Kier molecular flexibility index (Phi) is 5.29. The van der Waals surface area contributed by atoms with Crippen LogP contribution in [0, 0.1) is 10.1 Å². The molecular weight excluding hydrogens is 246 g/mol. The number of carbonyl (C=O) groups is 1. The molecular formula is C13H19N3O3. The van der Waals surface area contributed by atoms with E-state index in [4.69, 9.17) is 0 Å². The highest BCUT2D eigenvalue weighted by Gasteiger charge is 2.18. The summed E-state index contributed by atoms with van der Waals surface area (Å²) in [5.41, 5.74) is 0.848. The Hall–Kier alpha value is -2.11. The quantitative estimate of drug-likeness (QED) is 0.633. The molecule has 6 heteroatoms. The lowest BCUT2D eigenvalue weighted by molar-refractivity contribution is -0.384. The van der Waals surface area contributed by atoms with Gasteiger partial charge in [0.1, 0.15) is 0 Å². The van der Waals surface area contributed by atoms with Crippen LogP contribution in [0.25, 0.3) is 0 Å². The third kappa shape index (κ3) is 3.67. The van der Waals surface area contributed by atoms with Crippen LogP contribution >= 0.6 is 0 Å². The predicted octanol–water partition coefficient (Wildman–Crippen LogP) is 2.51.